The minimum Gasteiger partial charge on any atom is -0.497 e. The van der Waals surface area contributed by atoms with Gasteiger partial charge in [-0.1, -0.05) is 24.3 Å². The third kappa shape index (κ3) is 3.68. The quantitative estimate of drug-likeness (QED) is 0.721. The summed E-state index contributed by atoms with van der Waals surface area (Å²) in [6.07, 6.45) is 4.94. The second-order valence-corrected chi connectivity index (χ2v) is 6.87. The molecule has 5 heteroatoms. The van der Waals surface area contributed by atoms with Crippen LogP contribution in [0, 0.1) is 5.82 Å². The summed E-state index contributed by atoms with van der Waals surface area (Å²) in [5, 5.41) is 8.27. The lowest BCUT2D eigenvalue weighted by molar-refractivity contribution is 0.414. The number of rotatable bonds is 5. The molecule has 0 saturated heterocycles. The molecule has 1 aliphatic heterocycles. The molecule has 0 unspecified atom stereocenters. The second-order valence-electron chi connectivity index (χ2n) is 6.87. The molecule has 0 atom stereocenters. The number of fused-ring (bicyclic) bond motifs is 1. The summed E-state index contributed by atoms with van der Waals surface area (Å²) >= 11 is 0. The molecule has 0 fully saturated rings. The summed E-state index contributed by atoms with van der Waals surface area (Å²) in [6.45, 7) is 0.894. The van der Waals surface area contributed by atoms with Crippen molar-refractivity contribution in [1.82, 2.24) is 9.78 Å². The van der Waals surface area contributed by atoms with Crippen molar-refractivity contribution in [2.24, 2.45) is 0 Å². The van der Waals surface area contributed by atoms with E-state index in [4.69, 9.17) is 9.84 Å². The zero-order chi connectivity index (χ0) is 18.6. The van der Waals surface area contributed by atoms with E-state index in [-0.39, 0.29) is 5.82 Å². The number of methoxy groups -OCH3 is 1. The summed E-state index contributed by atoms with van der Waals surface area (Å²) in [4.78, 5) is 0. The Morgan fingerprint density at radius 1 is 1.07 bits per heavy atom. The van der Waals surface area contributed by atoms with Gasteiger partial charge in [-0.15, -0.1) is 0 Å². The normalized spacial score (nSPS) is 13.6. The largest absolute Gasteiger partial charge is 0.497 e. The number of benzene rings is 2. The molecule has 0 aliphatic carbocycles. The Morgan fingerprint density at radius 3 is 2.67 bits per heavy atom. The molecular formula is C22H24FN3O. The molecule has 0 saturated carbocycles. The smallest absolute Gasteiger partial charge is 0.148 e. The first-order valence-electron chi connectivity index (χ1n) is 9.49. The van der Waals surface area contributed by atoms with Gasteiger partial charge in [-0.05, 0) is 61.9 Å². The molecule has 0 amide bonds. The van der Waals surface area contributed by atoms with Crippen LogP contribution in [0.15, 0.2) is 48.5 Å². The van der Waals surface area contributed by atoms with Crippen molar-refractivity contribution in [2.75, 3.05) is 19.0 Å². The van der Waals surface area contributed by atoms with E-state index in [0.717, 1.165) is 55.9 Å². The van der Waals surface area contributed by atoms with Gasteiger partial charge in [0, 0.05) is 12.1 Å². The van der Waals surface area contributed by atoms with E-state index < -0.39 is 0 Å². The zero-order valence-corrected chi connectivity index (χ0v) is 15.5. The molecule has 140 valence electrons. The highest BCUT2D eigenvalue weighted by Crippen LogP contribution is 2.29. The number of aryl methyl sites for hydroxylation is 2. The molecule has 4 rings (SSSR count). The van der Waals surface area contributed by atoms with Crippen molar-refractivity contribution in [3.8, 4) is 11.4 Å². The summed E-state index contributed by atoms with van der Waals surface area (Å²) in [7, 11) is 1.67. The van der Waals surface area contributed by atoms with Crippen LogP contribution in [-0.4, -0.2) is 23.4 Å². The molecule has 27 heavy (non-hydrogen) atoms. The van der Waals surface area contributed by atoms with Gasteiger partial charge in [0.25, 0.3) is 0 Å². The predicted octanol–water partition coefficient (Wildman–Crippen LogP) is 4.55. The van der Waals surface area contributed by atoms with Crippen LogP contribution in [0.4, 0.5) is 10.2 Å². The van der Waals surface area contributed by atoms with Gasteiger partial charge in [-0.3, -0.25) is 0 Å². The molecule has 1 aliphatic rings. The molecule has 2 aromatic carbocycles. The SMILES string of the molecule is COc1ccc(CCc2nn(-c3ccccc3F)c3c2CCCCN3)cc1. The first kappa shape index (κ1) is 17.6. The number of para-hydroxylation sites is 1. The topological polar surface area (TPSA) is 39.1 Å². The number of anilines is 1. The fourth-order valence-electron chi connectivity index (χ4n) is 3.63. The van der Waals surface area contributed by atoms with Gasteiger partial charge in [0.2, 0.25) is 0 Å². The summed E-state index contributed by atoms with van der Waals surface area (Å²) in [5.41, 5.74) is 4.02. The van der Waals surface area contributed by atoms with E-state index in [9.17, 15) is 4.39 Å². The molecule has 1 aromatic heterocycles. The maximum absolute atomic E-state index is 14.4. The zero-order valence-electron chi connectivity index (χ0n) is 15.5. The number of hydrogen-bond donors (Lipinski definition) is 1. The van der Waals surface area contributed by atoms with Crippen LogP contribution in [0.1, 0.15) is 29.7 Å². The van der Waals surface area contributed by atoms with Crippen LogP contribution in [-0.2, 0) is 19.3 Å². The Morgan fingerprint density at radius 2 is 1.89 bits per heavy atom. The van der Waals surface area contributed by atoms with Crippen LogP contribution in [0.5, 0.6) is 5.75 Å². The molecule has 4 nitrogen and oxygen atoms in total. The van der Waals surface area contributed by atoms with E-state index in [0.29, 0.717) is 5.69 Å². The highest BCUT2D eigenvalue weighted by molar-refractivity contribution is 5.54. The highest BCUT2D eigenvalue weighted by atomic mass is 19.1. The summed E-state index contributed by atoms with van der Waals surface area (Å²) in [5.74, 6) is 1.55. The Kier molecular flexibility index (Phi) is 5.10. The molecule has 1 N–H and O–H groups in total. The highest BCUT2D eigenvalue weighted by Gasteiger charge is 2.21. The summed E-state index contributed by atoms with van der Waals surface area (Å²) in [6, 6.07) is 15.0. The molecule has 0 radical (unpaired) electrons. The molecule has 3 aromatic rings. The molecule has 0 spiro atoms. The average molecular weight is 365 g/mol. The van der Waals surface area contributed by atoms with Gasteiger partial charge in [-0.25, -0.2) is 9.07 Å². The van der Waals surface area contributed by atoms with Gasteiger partial charge >= 0.3 is 0 Å². The lowest BCUT2D eigenvalue weighted by atomic mass is 10.0. The van der Waals surface area contributed by atoms with Crippen molar-refractivity contribution >= 4 is 5.82 Å². The fourth-order valence-corrected chi connectivity index (χ4v) is 3.63. The number of ether oxygens (including phenoxy) is 1. The van der Waals surface area contributed by atoms with E-state index in [1.807, 2.05) is 18.2 Å². The molecule has 0 bridgehead atoms. The van der Waals surface area contributed by atoms with E-state index in [1.54, 1.807) is 23.9 Å². The number of aromatic nitrogens is 2. The molecular weight excluding hydrogens is 341 g/mol. The van der Waals surface area contributed by atoms with Gasteiger partial charge < -0.3 is 10.1 Å². The maximum atomic E-state index is 14.4. The van der Waals surface area contributed by atoms with E-state index in [2.05, 4.69) is 17.4 Å². The first-order chi connectivity index (χ1) is 13.3. The number of halogens is 1. The Hall–Kier alpha value is -2.82. The van der Waals surface area contributed by atoms with Crippen molar-refractivity contribution < 1.29 is 9.13 Å². The lowest BCUT2D eigenvalue weighted by Crippen LogP contribution is -2.08. The van der Waals surface area contributed by atoms with Crippen LogP contribution in [0.3, 0.4) is 0 Å². The van der Waals surface area contributed by atoms with Gasteiger partial charge in [-0.2, -0.15) is 5.10 Å². The number of nitrogens with zero attached hydrogens (tertiary/aromatic N) is 2. The van der Waals surface area contributed by atoms with E-state index >= 15 is 0 Å². The van der Waals surface area contributed by atoms with Crippen molar-refractivity contribution in [3.05, 3.63) is 71.2 Å². The van der Waals surface area contributed by atoms with Crippen LogP contribution in [0.25, 0.3) is 5.69 Å². The van der Waals surface area contributed by atoms with Crippen molar-refractivity contribution in [1.29, 1.82) is 0 Å². The number of nitrogens with one attached hydrogen (secondary N) is 1. The molecule has 2 heterocycles. The summed E-state index contributed by atoms with van der Waals surface area (Å²) < 4.78 is 21.4. The Balaban J connectivity index is 1.65. The predicted molar refractivity (Wildman–Crippen MR) is 105 cm³/mol. The van der Waals surface area contributed by atoms with Gasteiger partial charge in [0.1, 0.15) is 23.1 Å². The Labute approximate surface area is 159 Å². The third-order valence-corrected chi connectivity index (χ3v) is 5.10. The monoisotopic (exact) mass is 365 g/mol. The van der Waals surface area contributed by atoms with Crippen LogP contribution >= 0.6 is 0 Å². The minimum atomic E-state index is -0.254. The van der Waals surface area contributed by atoms with Crippen LogP contribution < -0.4 is 10.1 Å². The van der Waals surface area contributed by atoms with Crippen molar-refractivity contribution in [3.63, 3.8) is 0 Å². The van der Waals surface area contributed by atoms with Gasteiger partial charge in [0.05, 0.1) is 12.8 Å². The fraction of sp³-hybridized carbons (Fsp3) is 0.318. The average Bonchev–Trinajstić information content (AvgIpc) is 2.87. The van der Waals surface area contributed by atoms with E-state index in [1.165, 1.54) is 17.2 Å². The lowest BCUT2D eigenvalue weighted by Gasteiger charge is -2.09. The second kappa shape index (κ2) is 7.82. The minimum absolute atomic E-state index is 0.254. The maximum Gasteiger partial charge on any atom is 0.148 e. The number of hydrogen-bond acceptors (Lipinski definition) is 3. The standard InChI is InChI=1S/C22H24FN3O/c1-27-17-12-9-16(10-13-17)11-14-20-18-6-4-5-15-24-22(18)26(25-20)21-8-3-2-7-19(21)23/h2-3,7-10,12-13,24H,4-6,11,14-15H2,1H3. The first-order valence-corrected chi connectivity index (χ1v) is 9.49. The Bertz CT molecular complexity index is 918. The third-order valence-electron chi connectivity index (χ3n) is 5.10. The van der Waals surface area contributed by atoms with Gasteiger partial charge in [0.15, 0.2) is 0 Å². The van der Waals surface area contributed by atoms with Crippen molar-refractivity contribution in [2.45, 2.75) is 32.1 Å². The van der Waals surface area contributed by atoms with Crippen LogP contribution in [0.2, 0.25) is 0 Å².